The number of likely N-dealkylation sites (tertiary alicyclic amines) is 1. The summed E-state index contributed by atoms with van der Waals surface area (Å²) < 4.78 is 0. The first kappa shape index (κ1) is 17.2. The van der Waals surface area contributed by atoms with Gasteiger partial charge in [-0.2, -0.15) is 0 Å². The maximum atomic E-state index is 12.6. The zero-order chi connectivity index (χ0) is 17.9. The van der Waals surface area contributed by atoms with Crippen LogP contribution in [0.15, 0.2) is 30.6 Å². The second kappa shape index (κ2) is 7.58. The Morgan fingerprint density at radius 3 is 2.92 bits per heavy atom. The second-order valence-corrected chi connectivity index (χ2v) is 8.21. The zero-order valence-electron chi connectivity index (χ0n) is 14.7. The van der Waals surface area contributed by atoms with Crippen molar-refractivity contribution in [3.8, 4) is 0 Å². The van der Waals surface area contributed by atoms with Gasteiger partial charge >= 0.3 is 0 Å². The number of hydrogen-bond acceptors (Lipinski definition) is 4. The van der Waals surface area contributed by atoms with E-state index in [0.29, 0.717) is 6.54 Å². The van der Waals surface area contributed by atoms with Crippen molar-refractivity contribution in [1.82, 2.24) is 15.2 Å². The van der Waals surface area contributed by atoms with E-state index in [2.05, 4.69) is 10.3 Å². The third-order valence-electron chi connectivity index (χ3n) is 5.25. The minimum Gasteiger partial charge on any atom is -0.352 e. The molecule has 1 aliphatic heterocycles. The molecule has 2 aromatic heterocycles. The van der Waals surface area contributed by atoms with Gasteiger partial charge in [-0.05, 0) is 55.4 Å². The molecular formula is C20H23N3O2S. The minimum absolute atomic E-state index is 0.0106. The second-order valence-electron chi connectivity index (χ2n) is 7.08. The van der Waals surface area contributed by atoms with Crippen molar-refractivity contribution in [2.75, 3.05) is 13.1 Å². The number of pyridine rings is 1. The van der Waals surface area contributed by atoms with E-state index >= 15 is 0 Å². The normalized spacial score (nSPS) is 19.2. The molecule has 0 radical (unpaired) electrons. The zero-order valence-corrected chi connectivity index (χ0v) is 15.6. The molecule has 0 bridgehead atoms. The average molecular weight is 369 g/mol. The Kier molecular flexibility index (Phi) is 5.02. The summed E-state index contributed by atoms with van der Waals surface area (Å²) >= 11 is 1.62. The smallest absolute Gasteiger partial charge is 0.263 e. The molecule has 0 saturated carbocycles. The Morgan fingerprint density at radius 1 is 1.31 bits per heavy atom. The number of amides is 2. The summed E-state index contributed by atoms with van der Waals surface area (Å²) in [6.45, 7) is 2.26. The topological polar surface area (TPSA) is 62.3 Å². The number of hydrogen-bond donors (Lipinski definition) is 1. The molecule has 3 heterocycles. The maximum Gasteiger partial charge on any atom is 0.263 e. The van der Waals surface area contributed by atoms with E-state index in [1.54, 1.807) is 23.7 Å². The van der Waals surface area contributed by atoms with Gasteiger partial charge in [0.25, 0.3) is 5.91 Å². The van der Waals surface area contributed by atoms with Gasteiger partial charge in [0.15, 0.2) is 0 Å². The Labute approximate surface area is 157 Å². The van der Waals surface area contributed by atoms with E-state index in [1.807, 2.05) is 23.1 Å². The molecule has 1 aliphatic carbocycles. The molecule has 2 aliphatic rings. The molecule has 1 saturated heterocycles. The van der Waals surface area contributed by atoms with Gasteiger partial charge in [0.05, 0.1) is 4.88 Å². The number of aryl methyl sites for hydroxylation is 1. The largest absolute Gasteiger partial charge is 0.352 e. The lowest BCUT2D eigenvalue weighted by atomic mass is 9.87. The molecule has 2 amide bonds. The maximum absolute atomic E-state index is 12.6. The quantitative estimate of drug-likeness (QED) is 0.901. The van der Waals surface area contributed by atoms with Crippen molar-refractivity contribution in [3.63, 3.8) is 0 Å². The molecule has 1 unspecified atom stereocenters. The third kappa shape index (κ3) is 3.65. The molecule has 136 valence electrons. The number of carbonyl (C=O) groups is 2. The van der Waals surface area contributed by atoms with Crippen molar-refractivity contribution >= 4 is 23.2 Å². The summed E-state index contributed by atoms with van der Waals surface area (Å²) in [5.41, 5.74) is 2.19. The van der Waals surface area contributed by atoms with Crippen LogP contribution in [-0.2, 0) is 24.2 Å². The van der Waals surface area contributed by atoms with Gasteiger partial charge in [0, 0.05) is 42.8 Å². The van der Waals surface area contributed by atoms with Crippen LogP contribution in [-0.4, -0.2) is 34.8 Å². The third-order valence-corrected chi connectivity index (χ3v) is 6.47. The molecule has 6 heteroatoms. The monoisotopic (exact) mass is 369 g/mol. The van der Waals surface area contributed by atoms with Gasteiger partial charge in [-0.25, -0.2) is 0 Å². The minimum atomic E-state index is -0.0106. The van der Waals surface area contributed by atoms with E-state index in [1.165, 1.54) is 10.4 Å². The van der Waals surface area contributed by atoms with Gasteiger partial charge in [-0.1, -0.05) is 6.07 Å². The average Bonchev–Trinajstić information content (AvgIpc) is 3.35. The number of aromatic nitrogens is 1. The fourth-order valence-electron chi connectivity index (χ4n) is 3.77. The first-order valence-electron chi connectivity index (χ1n) is 9.28. The molecule has 1 fully saturated rings. The van der Waals surface area contributed by atoms with Crippen LogP contribution in [0.3, 0.4) is 0 Å². The van der Waals surface area contributed by atoms with Crippen LogP contribution in [0, 0.1) is 5.92 Å². The van der Waals surface area contributed by atoms with Crippen molar-refractivity contribution in [2.24, 2.45) is 5.92 Å². The van der Waals surface area contributed by atoms with Crippen LogP contribution in [0.25, 0.3) is 0 Å². The highest BCUT2D eigenvalue weighted by Gasteiger charge is 2.29. The van der Waals surface area contributed by atoms with Crippen LogP contribution in [0.1, 0.15) is 44.9 Å². The van der Waals surface area contributed by atoms with Crippen LogP contribution < -0.4 is 5.32 Å². The summed E-state index contributed by atoms with van der Waals surface area (Å²) in [5.74, 6) is 0.251. The number of fused-ring (bicyclic) bond motifs is 1. The molecule has 4 rings (SSSR count). The van der Waals surface area contributed by atoms with Gasteiger partial charge in [0.2, 0.25) is 5.91 Å². The van der Waals surface area contributed by atoms with Gasteiger partial charge in [-0.3, -0.25) is 14.6 Å². The summed E-state index contributed by atoms with van der Waals surface area (Å²) in [4.78, 5) is 33.3. The molecule has 0 aromatic carbocycles. The first-order valence-corrected chi connectivity index (χ1v) is 10.1. The van der Waals surface area contributed by atoms with Crippen LogP contribution in [0.4, 0.5) is 0 Å². The van der Waals surface area contributed by atoms with Crippen molar-refractivity contribution in [1.29, 1.82) is 0 Å². The lowest BCUT2D eigenvalue weighted by molar-refractivity contribution is -0.125. The molecule has 1 atom stereocenters. The predicted molar refractivity (Wildman–Crippen MR) is 101 cm³/mol. The molecule has 1 N–H and O–H groups in total. The van der Waals surface area contributed by atoms with E-state index in [0.717, 1.165) is 55.6 Å². The lowest BCUT2D eigenvalue weighted by Gasteiger charge is -2.21. The van der Waals surface area contributed by atoms with E-state index in [4.69, 9.17) is 0 Å². The number of thiophene rings is 1. The Hall–Kier alpha value is -2.21. The molecular weight excluding hydrogens is 346 g/mol. The Morgan fingerprint density at radius 2 is 2.15 bits per heavy atom. The number of nitrogens with zero attached hydrogens (tertiary/aromatic N) is 2. The van der Waals surface area contributed by atoms with Gasteiger partial charge in [0.1, 0.15) is 0 Å². The van der Waals surface area contributed by atoms with E-state index in [-0.39, 0.29) is 17.7 Å². The van der Waals surface area contributed by atoms with Crippen LogP contribution in [0.2, 0.25) is 0 Å². The van der Waals surface area contributed by atoms with E-state index < -0.39 is 0 Å². The van der Waals surface area contributed by atoms with Crippen LogP contribution in [0.5, 0.6) is 0 Å². The van der Waals surface area contributed by atoms with Crippen molar-refractivity contribution < 1.29 is 9.59 Å². The number of carbonyl (C=O) groups excluding carboxylic acids is 2. The lowest BCUT2D eigenvalue weighted by Crippen LogP contribution is -2.33. The molecule has 5 nitrogen and oxygen atoms in total. The van der Waals surface area contributed by atoms with Gasteiger partial charge in [-0.15, -0.1) is 11.3 Å². The highest BCUT2D eigenvalue weighted by Crippen LogP contribution is 2.33. The van der Waals surface area contributed by atoms with Crippen molar-refractivity contribution in [2.45, 2.75) is 38.6 Å². The van der Waals surface area contributed by atoms with Crippen LogP contribution >= 0.6 is 11.3 Å². The molecule has 2 aromatic rings. The van der Waals surface area contributed by atoms with Crippen molar-refractivity contribution in [3.05, 3.63) is 51.5 Å². The standard InChI is InChI=1S/C20H23N3O2S/c24-19(22-13-14-4-3-7-21-12-14)15-5-6-17-16(10-15)11-18(26-17)20(25)23-8-1-2-9-23/h3-4,7,11-12,15H,1-2,5-6,8-10,13H2,(H,22,24). The highest BCUT2D eigenvalue weighted by molar-refractivity contribution is 7.14. The Balaban J connectivity index is 1.38. The van der Waals surface area contributed by atoms with E-state index in [9.17, 15) is 9.59 Å². The summed E-state index contributed by atoms with van der Waals surface area (Å²) in [5, 5.41) is 3.02. The fraction of sp³-hybridized carbons (Fsp3) is 0.450. The SMILES string of the molecule is O=C(NCc1cccnc1)C1CCc2sc(C(=O)N3CCCC3)cc2C1. The molecule has 26 heavy (non-hydrogen) atoms. The van der Waals surface area contributed by atoms with Gasteiger partial charge < -0.3 is 10.2 Å². The fourth-order valence-corrected chi connectivity index (χ4v) is 4.94. The molecule has 0 spiro atoms. The summed E-state index contributed by atoms with van der Waals surface area (Å²) in [7, 11) is 0. The summed E-state index contributed by atoms with van der Waals surface area (Å²) in [6, 6.07) is 5.86. The summed E-state index contributed by atoms with van der Waals surface area (Å²) in [6.07, 6.45) is 8.19. The number of rotatable bonds is 4. The predicted octanol–water partition coefficient (Wildman–Crippen LogP) is 2.80. The number of nitrogens with one attached hydrogen (secondary N) is 1. The highest BCUT2D eigenvalue weighted by atomic mass is 32.1. The first-order chi connectivity index (χ1) is 12.7. The Bertz CT molecular complexity index is 797.